The van der Waals surface area contributed by atoms with Crippen molar-refractivity contribution in [2.75, 3.05) is 17.3 Å². The fourth-order valence-electron chi connectivity index (χ4n) is 2.62. The van der Waals surface area contributed by atoms with Crippen molar-refractivity contribution in [3.05, 3.63) is 32.6 Å². The standard InChI is InChI=1S/C16H15BrClNOS2/c1-9-4-5-11-14(10(9)2)19(7-3-6-18)15-13(17)12(8-20)22-16(15)21-11/h4-5,8H,3,6-7H2,1-2H3. The number of anilines is 2. The first-order valence-corrected chi connectivity index (χ1v) is 9.93. The minimum absolute atomic E-state index is 0.626. The fourth-order valence-corrected chi connectivity index (χ4v) is 6.20. The molecule has 6 heteroatoms. The van der Waals surface area contributed by atoms with Crippen LogP contribution in [0.25, 0.3) is 0 Å². The molecule has 2 heterocycles. The van der Waals surface area contributed by atoms with Gasteiger partial charge in [-0.3, -0.25) is 4.79 Å². The van der Waals surface area contributed by atoms with Crippen molar-refractivity contribution in [1.29, 1.82) is 0 Å². The van der Waals surface area contributed by atoms with E-state index in [2.05, 4.69) is 46.8 Å². The van der Waals surface area contributed by atoms with Crippen molar-refractivity contribution >= 4 is 68.3 Å². The smallest absolute Gasteiger partial charge is 0.161 e. The number of benzene rings is 1. The maximum atomic E-state index is 11.3. The van der Waals surface area contributed by atoms with E-state index in [-0.39, 0.29) is 0 Å². The zero-order valence-electron chi connectivity index (χ0n) is 12.3. The Labute approximate surface area is 152 Å². The Morgan fingerprint density at radius 2 is 2.09 bits per heavy atom. The summed E-state index contributed by atoms with van der Waals surface area (Å²) in [5.41, 5.74) is 4.93. The number of thiophene rings is 1. The molecular formula is C16H15BrClNOS2. The third kappa shape index (κ3) is 2.62. The van der Waals surface area contributed by atoms with Gasteiger partial charge in [0.2, 0.25) is 0 Å². The van der Waals surface area contributed by atoms with Crippen LogP contribution in [-0.4, -0.2) is 18.7 Å². The molecule has 3 rings (SSSR count). The normalized spacial score (nSPS) is 13.0. The number of halogens is 2. The highest BCUT2D eigenvalue weighted by Gasteiger charge is 2.30. The number of nitrogens with zero attached hydrogens (tertiary/aromatic N) is 1. The molecule has 0 atom stereocenters. The third-order valence-electron chi connectivity index (χ3n) is 3.85. The van der Waals surface area contributed by atoms with Crippen LogP contribution in [0.4, 0.5) is 11.4 Å². The predicted octanol–water partition coefficient (Wildman–Crippen LogP) is 6.17. The quantitative estimate of drug-likeness (QED) is 0.439. The molecule has 0 N–H and O–H groups in total. The van der Waals surface area contributed by atoms with E-state index in [4.69, 9.17) is 11.6 Å². The molecule has 2 aromatic rings. The topological polar surface area (TPSA) is 20.3 Å². The van der Waals surface area contributed by atoms with Crippen LogP contribution in [0.1, 0.15) is 27.2 Å². The maximum absolute atomic E-state index is 11.3. The van der Waals surface area contributed by atoms with Crippen LogP contribution in [0.3, 0.4) is 0 Å². The third-order valence-corrected chi connectivity index (χ3v) is 7.51. The number of fused-ring (bicyclic) bond motifs is 2. The van der Waals surface area contributed by atoms with Crippen LogP contribution in [0.2, 0.25) is 0 Å². The number of alkyl halides is 1. The second-order valence-electron chi connectivity index (χ2n) is 5.18. The summed E-state index contributed by atoms with van der Waals surface area (Å²) in [5.74, 6) is 0.626. The molecule has 0 spiro atoms. The Kier molecular flexibility index (Phi) is 4.88. The molecule has 0 saturated heterocycles. The van der Waals surface area contributed by atoms with Gasteiger partial charge in [-0.25, -0.2) is 0 Å². The van der Waals surface area contributed by atoms with Crippen molar-refractivity contribution < 1.29 is 4.79 Å². The van der Waals surface area contributed by atoms with Gasteiger partial charge in [-0.05, 0) is 53.4 Å². The summed E-state index contributed by atoms with van der Waals surface area (Å²) in [6.07, 6.45) is 1.83. The lowest BCUT2D eigenvalue weighted by atomic mass is 10.1. The largest absolute Gasteiger partial charge is 0.338 e. The molecule has 1 aliphatic heterocycles. The van der Waals surface area contributed by atoms with E-state index in [0.717, 1.165) is 34.3 Å². The molecule has 0 radical (unpaired) electrons. The highest BCUT2D eigenvalue weighted by atomic mass is 79.9. The molecule has 0 fully saturated rings. The van der Waals surface area contributed by atoms with E-state index < -0.39 is 0 Å². The molecule has 1 aromatic carbocycles. The van der Waals surface area contributed by atoms with Crippen molar-refractivity contribution in [2.24, 2.45) is 0 Å². The highest BCUT2D eigenvalue weighted by Crippen LogP contribution is 2.56. The van der Waals surface area contributed by atoms with Crippen LogP contribution in [0, 0.1) is 13.8 Å². The van der Waals surface area contributed by atoms with Crippen molar-refractivity contribution in [2.45, 2.75) is 29.4 Å². The van der Waals surface area contributed by atoms with E-state index >= 15 is 0 Å². The van der Waals surface area contributed by atoms with Crippen LogP contribution in [0.15, 0.2) is 25.7 Å². The zero-order chi connectivity index (χ0) is 15.9. The number of aryl methyl sites for hydroxylation is 1. The van der Waals surface area contributed by atoms with E-state index in [1.807, 2.05) is 0 Å². The summed E-state index contributed by atoms with van der Waals surface area (Å²) in [4.78, 5) is 15.6. The monoisotopic (exact) mass is 415 g/mol. The van der Waals surface area contributed by atoms with Gasteiger partial charge in [-0.2, -0.15) is 0 Å². The van der Waals surface area contributed by atoms with E-state index in [1.165, 1.54) is 25.9 Å². The Morgan fingerprint density at radius 1 is 1.32 bits per heavy atom. The minimum atomic E-state index is 0.626. The molecule has 22 heavy (non-hydrogen) atoms. The molecule has 0 bridgehead atoms. The Bertz CT molecular complexity index is 744. The van der Waals surface area contributed by atoms with Crippen LogP contribution >= 0.6 is 50.6 Å². The van der Waals surface area contributed by atoms with E-state index in [9.17, 15) is 4.79 Å². The summed E-state index contributed by atoms with van der Waals surface area (Å²) >= 11 is 12.8. The number of hydrogen-bond acceptors (Lipinski definition) is 4. The molecule has 0 amide bonds. The second kappa shape index (κ2) is 6.56. The van der Waals surface area contributed by atoms with E-state index in [1.54, 1.807) is 23.1 Å². The Morgan fingerprint density at radius 3 is 2.77 bits per heavy atom. The average molecular weight is 417 g/mol. The second-order valence-corrected chi connectivity index (χ2v) is 8.72. The van der Waals surface area contributed by atoms with Gasteiger partial charge in [0.05, 0.1) is 24.9 Å². The first-order chi connectivity index (χ1) is 10.6. The molecule has 2 nitrogen and oxygen atoms in total. The lowest BCUT2D eigenvalue weighted by Gasteiger charge is -2.33. The van der Waals surface area contributed by atoms with Crippen LogP contribution in [0.5, 0.6) is 0 Å². The van der Waals surface area contributed by atoms with Gasteiger partial charge in [0, 0.05) is 17.3 Å². The van der Waals surface area contributed by atoms with Gasteiger partial charge in [0.25, 0.3) is 0 Å². The van der Waals surface area contributed by atoms with Crippen LogP contribution in [-0.2, 0) is 0 Å². The minimum Gasteiger partial charge on any atom is -0.338 e. The number of aldehydes is 1. The first kappa shape index (κ1) is 16.4. The van der Waals surface area contributed by atoms with Crippen molar-refractivity contribution in [1.82, 2.24) is 0 Å². The fraction of sp³-hybridized carbons (Fsp3) is 0.312. The molecule has 116 valence electrons. The Balaban J connectivity index is 2.20. The summed E-state index contributed by atoms with van der Waals surface area (Å²) < 4.78 is 2.07. The van der Waals surface area contributed by atoms with Crippen molar-refractivity contribution in [3.63, 3.8) is 0 Å². The van der Waals surface area contributed by atoms with Crippen LogP contribution < -0.4 is 4.90 Å². The summed E-state index contributed by atoms with van der Waals surface area (Å²) in [5, 5.41) is 0. The summed E-state index contributed by atoms with van der Waals surface area (Å²) in [6.45, 7) is 5.14. The number of carbonyl (C=O) groups excluding carboxylic acids is 1. The van der Waals surface area contributed by atoms with E-state index in [0.29, 0.717) is 5.88 Å². The van der Waals surface area contributed by atoms with Gasteiger partial charge in [-0.15, -0.1) is 22.9 Å². The molecule has 1 aromatic heterocycles. The molecular weight excluding hydrogens is 402 g/mol. The zero-order valence-corrected chi connectivity index (χ0v) is 16.3. The molecule has 0 aliphatic carbocycles. The highest BCUT2D eigenvalue weighted by molar-refractivity contribution is 9.10. The average Bonchev–Trinajstić information content (AvgIpc) is 2.84. The lowest BCUT2D eigenvalue weighted by molar-refractivity contribution is 0.112. The summed E-state index contributed by atoms with van der Waals surface area (Å²) in [7, 11) is 0. The first-order valence-electron chi connectivity index (χ1n) is 6.97. The summed E-state index contributed by atoms with van der Waals surface area (Å²) in [6, 6.07) is 4.34. The molecule has 0 unspecified atom stereocenters. The Hall–Kier alpha value is -0.490. The van der Waals surface area contributed by atoms with Gasteiger partial charge >= 0.3 is 0 Å². The van der Waals surface area contributed by atoms with Gasteiger partial charge in [0.1, 0.15) is 0 Å². The SMILES string of the molecule is Cc1ccc2c(c1C)N(CCCCl)c1c(sc(C=O)c1Br)S2. The number of hydrogen-bond donors (Lipinski definition) is 0. The van der Waals surface area contributed by atoms with Gasteiger partial charge in [0.15, 0.2) is 6.29 Å². The molecule has 0 saturated carbocycles. The maximum Gasteiger partial charge on any atom is 0.161 e. The molecule has 1 aliphatic rings. The van der Waals surface area contributed by atoms with Gasteiger partial charge in [-0.1, -0.05) is 17.8 Å². The lowest BCUT2D eigenvalue weighted by Crippen LogP contribution is -2.23. The van der Waals surface area contributed by atoms with Crippen molar-refractivity contribution in [3.8, 4) is 0 Å². The number of carbonyl (C=O) groups is 1. The van der Waals surface area contributed by atoms with Gasteiger partial charge < -0.3 is 4.90 Å². The number of rotatable bonds is 4. The predicted molar refractivity (Wildman–Crippen MR) is 99.8 cm³/mol.